The highest BCUT2D eigenvalue weighted by Gasteiger charge is 2.40. The molecule has 0 saturated carbocycles. The van der Waals surface area contributed by atoms with E-state index in [0.29, 0.717) is 0 Å². The molecule has 2 aliphatic rings. The molecule has 38 heavy (non-hydrogen) atoms. The van der Waals surface area contributed by atoms with Gasteiger partial charge >= 0.3 is 0 Å². The second-order valence-electron chi connectivity index (χ2n) is 10.0. The first-order chi connectivity index (χ1) is 18.5. The third-order valence-electron chi connectivity index (χ3n) is 7.53. The minimum Gasteiger partial charge on any atom is -0.0942 e. The molecule has 0 aliphatic heterocycles. The van der Waals surface area contributed by atoms with Gasteiger partial charge in [0.15, 0.2) is 0 Å². The van der Waals surface area contributed by atoms with E-state index in [2.05, 4.69) is 141 Å². The number of hydrogen-bond donors (Lipinski definition) is 0. The zero-order valence-corrected chi connectivity index (χ0v) is 22.2. The predicted octanol–water partition coefficient (Wildman–Crippen LogP) is 8.18. The summed E-state index contributed by atoms with van der Waals surface area (Å²) in [5.74, 6) is 0. The lowest BCUT2D eigenvalue weighted by atomic mass is 9.63. The monoisotopic (exact) mass is 490 g/mol. The maximum Gasteiger partial charge on any atom is 0.0690 e. The van der Waals surface area contributed by atoms with Crippen molar-refractivity contribution >= 4 is 23.8 Å². The van der Waals surface area contributed by atoms with Gasteiger partial charge < -0.3 is 0 Å². The van der Waals surface area contributed by atoms with Gasteiger partial charge in [-0.05, 0) is 69.2 Å². The molecule has 1 spiro atoms. The largest absolute Gasteiger partial charge is 0.0942 e. The van der Waals surface area contributed by atoms with Gasteiger partial charge in [0.05, 0.1) is 5.41 Å². The smallest absolute Gasteiger partial charge is 0.0690 e. The van der Waals surface area contributed by atoms with Crippen molar-refractivity contribution in [1.29, 1.82) is 0 Å². The van der Waals surface area contributed by atoms with E-state index >= 15 is 0 Å². The fourth-order valence-electron chi connectivity index (χ4n) is 5.60. The number of benzene rings is 3. The van der Waals surface area contributed by atoms with Crippen molar-refractivity contribution in [2.45, 2.75) is 25.2 Å². The zero-order chi connectivity index (χ0) is 26.5. The molecule has 0 saturated heterocycles. The van der Waals surface area contributed by atoms with Crippen LogP contribution in [0.4, 0.5) is 0 Å². The van der Waals surface area contributed by atoms with Crippen LogP contribution in [0.3, 0.4) is 0 Å². The maximum atomic E-state index is 4.70. The summed E-state index contributed by atoms with van der Waals surface area (Å²) in [5.41, 5.74) is 8.07. The number of allylic oxidation sites excluding steroid dienone is 10. The van der Waals surface area contributed by atoms with E-state index in [4.69, 9.17) is 13.2 Å². The van der Waals surface area contributed by atoms with E-state index in [1.807, 2.05) is 0 Å². The summed E-state index contributed by atoms with van der Waals surface area (Å²) in [7, 11) is 0. The van der Waals surface area contributed by atoms with Gasteiger partial charge in [0.2, 0.25) is 0 Å². The van der Waals surface area contributed by atoms with Crippen molar-refractivity contribution < 1.29 is 0 Å². The number of rotatable bonds is 1. The van der Waals surface area contributed by atoms with Crippen LogP contribution in [0, 0.1) is 6.92 Å². The van der Waals surface area contributed by atoms with E-state index in [1.165, 1.54) is 21.9 Å². The Labute approximate surface area is 227 Å². The summed E-state index contributed by atoms with van der Waals surface area (Å²) < 4.78 is 0. The Morgan fingerprint density at radius 3 is 2.18 bits per heavy atom. The fraction of sp³-hybridized carbons (Fsp3) is 0.105. The Kier molecular flexibility index (Phi) is 7.24. The van der Waals surface area contributed by atoms with Crippen LogP contribution >= 0.6 is 0 Å². The van der Waals surface area contributed by atoms with Gasteiger partial charge in [-0.15, -0.1) is 0 Å². The molecule has 3 aromatic rings. The molecule has 3 aromatic carbocycles. The zero-order valence-electron chi connectivity index (χ0n) is 22.2. The lowest BCUT2D eigenvalue weighted by Gasteiger charge is -2.39. The summed E-state index contributed by atoms with van der Waals surface area (Å²) in [6, 6.07) is 25.8. The quantitative estimate of drug-likeness (QED) is 0.323. The average molecular weight is 491 g/mol. The topological polar surface area (TPSA) is 0 Å². The number of fused-ring (bicyclic) bond motifs is 3. The summed E-state index contributed by atoms with van der Waals surface area (Å²) in [6.07, 6.45) is 21.6. The molecule has 0 radical (unpaired) electrons. The molecular formula is C38H34. The second kappa shape index (κ2) is 10.9. The Hall–Kier alpha value is -4.42. The molecule has 1 unspecified atom stereocenters. The van der Waals surface area contributed by atoms with Gasteiger partial charge in [-0.1, -0.05) is 153 Å². The molecule has 0 bridgehead atoms. The van der Waals surface area contributed by atoms with Crippen molar-refractivity contribution in [2.24, 2.45) is 0 Å². The van der Waals surface area contributed by atoms with Crippen LogP contribution in [0.2, 0.25) is 0 Å². The normalized spacial score (nSPS) is 25.2. The van der Waals surface area contributed by atoms with E-state index in [-0.39, 0.29) is 0 Å². The third kappa shape index (κ3) is 4.78. The molecule has 2 aliphatic carbocycles. The highest BCUT2D eigenvalue weighted by molar-refractivity contribution is 5.78. The summed E-state index contributed by atoms with van der Waals surface area (Å²) in [4.78, 5) is 0. The molecule has 0 amide bonds. The molecule has 5 rings (SSSR count). The minimum atomic E-state index is -0.701. The fourth-order valence-corrected chi connectivity index (χ4v) is 5.60. The van der Waals surface area contributed by atoms with Crippen LogP contribution in [-0.2, 0) is 5.41 Å². The van der Waals surface area contributed by atoms with Crippen LogP contribution in [0.25, 0.3) is 23.8 Å². The Bertz CT molecular complexity index is 1660. The van der Waals surface area contributed by atoms with Crippen molar-refractivity contribution in [3.05, 3.63) is 178 Å². The molecular weight excluding hydrogens is 456 g/mol. The molecule has 0 heterocycles. The summed E-state index contributed by atoms with van der Waals surface area (Å²) >= 11 is 0. The van der Waals surface area contributed by atoms with E-state index in [1.54, 1.807) is 0 Å². The average Bonchev–Trinajstić information content (AvgIpc) is 2.92. The van der Waals surface area contributed by atoms with Gasteiger partial charge in [-0.3, -0.25) is 0 Å². The van der Waals surface area contributed by atoms with Crippen LogP contribution in [-0.4, -0.2) is 0 Å². The van der Waals surface area contributed by atoms with E-state index in [9.17, 15) is 0 Å². The van der Waals surface area contributed by atoms with Crippen LogP contribution in [0.5, 0.6) is 0 Å². The Balaban J connectivity index is 1.82. The van der Waals surface area contributed by atoms with Crippen LogP contribution in [0.15, 0.2) is 146 Å². The Morgan fingerprint density at radius 2 is 1.34 bits per heavy atom. The molecule has 0 fully saturated rings. The summed E-state index contributed by atoms with van der Waals surface area (Å²) in [6.45, 7) is 16.1. The van der Waals surface area contributed by atoms with Gasteiger partial charge in [-0.25, -0.2) is 0 Å². The van der Waals surface area contributed by atoms with Gasteiger partial charge in [-0.2, -0.15) is 0 Å². The maximum absolute atomic E-state index is 4.70. The molecule has 0 N–H and O–H groups in total. The highest BCUT2D eigenvalue weighted by Crippen LogP contribution is 2.48. The van der Waals surface area contributed by atoms with Gasteiger partial charge in [0, 0.05) is 0 Å². The third-order valence-corrected chi connectivity index (χ3v) is 7.53. The lowest BCUT2D eigenvalue weighted by Crippen LogP contribution is -2.34. The standard InChI is InChI=1S/C38H34/c1-28-14-13-22-35(26-28)33-18-8-7-16-32-17-9-10-21-36(32)27-31(4)38(30(3)24-25-33)29(2)15-5-6-19-34-20-11-12-23-37(34)38/h5-6,9-27H,2-4,7-8H2,1H3/b15-5-,19-6-,25-24-,32-16-,33-18+,36-27-. The minimum absolute atomic E-state index is 0.701. The summed E-state index contributed by atoms with van der Waals surface area (Å²) in [5, 5.41) is 2.37. The highest BCUT2D eigenvalue weighted by atomic mass is 14.4. The molecule has 0 heteroatoms. The van der Waals surface area contributed by atoms with Crippen molar-refractivity contribution in [3.63, 3.8) is 0 Å². The second-order valence-corrected chi connectivity index (χ2v) is 10.0. The molecule has 1 atom stereocenters. The molecule has 0 aromatic heterocycles. The lowest BCUT2D eigenvalue weighted by molar-refractivity contribution is 0.755. The van der Waals surface area contributed by atoms with E-state index in [0.717, 1.165) is 45.9 Å². The number of aryl methyl sites for hydroxylation is 1. The van der Waals surface area contributed by atoms with Crippen LogP contribution in [0.1, 0.15) is 35.1 Å². The Morgan fingerprint density at radius 1 is 0.632 bits per heavy atom. The van der Waals surface area contributed by atoms with Crippen molar-refractivity contribution in [3.8, 4) is 0 Å². The van der Waals surface area contributed by atoms with Gasteiger partial charge in [0.25, 0.3) is 0 Å². The molecule has 186 valence electrons. The first-order valence-corrected chi connectivity index (χ1v) is 13.2. The SMILES string of the molecule is C=C1/C=C\C=C/c2ccccc2C12C(=C)/C=C\C(c1cccc(C)c1)=C/CC/C=c1/cccc/c1=C/C2=C. The van der Waals surface area contributed by atoms with Gasteiger partial charge in [0.1, 0.15) is 0 Å². The van der Waals surface area contributed by atoms with E-state index < -0.39 is 5.41 Å². The predicted molar refractivity (Wildman–Crippen MR) is 166 cm³/mol. The first kappa shape index (κ1) is 25.2. The van der Waals surface area contributed by atoms with Crippen LogP contribution < -0.4 is 10.4 Å². The number of hydrogen-bond acceptors (Lipinski definition) is 0. The first-order valence-electron chi connectivity index (χ1n) is 13.2. The van der Waals surface area contributed by atoms with Crippen molar-refractivity contribution in [1.82, 2.24) is 0 Å². The van der Waals surface area contributed by atoms with Crippen molar-refractivity contribution in [2.75, 3.05) is 0 Å². The molecule has 0 nitrogen and oxygen atoms in total.